The monoisotopic (exact) mass is 266 g/mol. The Bertz CT molecular complexity index is 734. The molecule has 1 aliphatic carbocycles. The van der Waals surface area contributed by atoms with Gasteiger partial charge in [0.2, 0.25) is 5.88 Å². The van der Waals surface area contributed by atoms with Gasteiger partial charge in [0.25, 0.3) is 0 Å². The molecule has 3 aromatic heterocycles. The second-order valence-corrected chi connectivity index (χ2v) is 5.07. The number of fused-ring (bicyclic) bond motifs is 1. The molecule has 1 saturated carbocycles. The molecule has 4 rings (SSSR count). The standard InChI is InChI=1S/C15H14N4O/c1-2-11(1)12-3-4-14-18-13(8-19(14)7-12)9-20-15-5-6-16-10-17-15/h3-8,10-11H,1-2,9H2. The highest BCUT2D eigenvalue weighted by atomic mass is 16.5. The largest absolute Gasteiger partial charge is 0.471 e. The van der Waals surface area contributed by atoms with Crippen LogP contribution >= 0.6 is 0 Å². The molecule has 1 aliphatic rings. The van der Waals surface area contributed by atoms with Crippen LogP contribution in [0.1, 0.15) is 30.0 Å². The first kappa shape index (κ1) is 11.4. The lowest BCUT2D eigenvalue weighted by Crippen LogP contribution is -1.97. The van der Waals surface area contributed by atoms with Crippen molar-refractivity contribution in [1.82, 2.24) is 19.4 Å². The molecule has 0 N–H and O–H groups in total. The van der Waals surface area contributed by atoms with E-state index in [0.29, 0.717) is 12.5 Å². The Balaban J connectivity index is 1.54. The summed E-state index contributed by atoms with van der Waals surface area (Å²) in [6, 6.07) is 5.98. The fourth-order valence-electron chi connectivity index (χ4n) is 2.30. The van der Waals surface area contributed by atoms with E-state index in [0.717, 1.165) is 17.3 Å². The number of rotatable bonds is 4. The van der Waals surface area contributed by atoms with Crippen molar-refractivity contribution in [3.05, 3.63) is 54.4 Å². The van der Waals surface area contributed by atoms with Gasteiger partial charge >= 0.3 is 0 Å². The second kappa shape index (κ2) is 4.59. The topological polar surface area (TPSA) is 52.3 Å². The van der Waals surface area contributed by atoms with Crippen molar-refractivity contribution in [1.29, 1.82) is 0 Å². The molecule has 0 saturated heterocycles. The molecule has 0 unspecified atom stereocenters. The smallest absolute Gasteiger partial charge is 0.216 e. The summed E-state index contributed by atoms with van der Waals surface area (Å²) in [6.45, 7) is 0.414. The van der Waals surface area contributed by atoms with Crippen molar-refractivity contribution < 1.29 is 4.74 Å². The lowest BCUT2D eigenvalue weighted by molar-refractivity contribution is 0.289. The average Bonchev–Trinajstić information content (AvgIpc) is 3.26. The number of hydrogen-bond acceptors (Lipinski definition) is 4. The van der Waals surface area contributed by atoms with E-state index < -0.39 is 0 Å². The fraction of sp³-hybridized carbons (Fsp3) is 0.267. The van der Waals surface area contributed by atoms with Gasteiger partial charge < -0.3 is 9.14 Å². The summed E-state index contributed by atoms with van der Waals surface area (Å²) >= 11 is 0. The molecule has 3 aromatic rings. The van der Waals surface area contributed by atoms with Gasteiger partial charge in [0.1, 0.15) is 18.6 Å². The minimum Gasteiger partial charge on any atom is -0.471 e. The molecular weight excluding hydrogens is 252 g/mol. The maximum atomic E-state index is 5.58. The van der Waals surface area contributed by atoms with Gasteiger partial charge in [-0.05, 0) is 30.4 Å². The lowest BCUT2D eigenvalue weighted by atomic mass is 10.2. The van der Waals surface area contributed by atoms with E-state index in [1.54, 1.807) is 12.3 Å². The highest BCUT2D eigenvalue weighted by Gasteiger charge is 2.23. The number of pyridine rings is 1. The Labute approximate surface area is 116 Å². The summed E-state index contributed by atoms with van der Waals surface area (Å²) in [4.78, 5) is 12.4. The normalized spacial score (nSPS) is 14.6. The van der Waals surface area contributed by atoms with E-state index in [1.165, 1.54) is 24.7 Å². The average molecular weight is 266 g/mol. The van der Waals surface area contributed by atoms with Gasteiger partial charge in [-0.15, -0.1) is 0 Å². The number of hydrogen-bond donors (Lipinski definition) is 0. The van der Waals surface area contributed by atoms with Gasteiger partial charge in [0.05, 0.1) is 5.69 Å². The summed E-state index contributed by atoms with van der Waals surface area (Å²) in [5.41, 5.74) is 3.26. The predicted octanol–water partition coefficient (Wildman–Crippen LogP) is 2.58. The van der Waals surface area contributed by atoms with Crippen LogP contribution in [0.4, 0.5) is 0 Å². The van der Waals surface area contributed by atoms with Crippen molar-refractivity contribution in [3.63, 3.8) is 0 Å². The van der Waals surface area contributed by atoms with Crippen LogP contribution in [0.2, 0.25) is 0 Å². The Morgan fingerprint density at radius 1 is 1.20 bits per heavy atom. The maximum absolute atomic E-state index is 5.58. The highest BCUT2D eigenvalue weighted by Crippen LogP contribution is 2.39. The first-order valence-corrected chi connectivity index (χ1v) is 6.75. The van der Waals surface area contributed by atoms with Crippen molar-refractivity contribution in [2.24, 2.45) is 0 Å². The van der Waals surface area contributed by atoms with E-state index in [4.69, 9.17) is 4.74 Å². The minimum atomic E-state index is 0.414. The number of imidazole rings is 1. The zero-order valence-corrected chi connectivity index (χ0v) is 10.9. The van der Waals surface area contributed by atoms with Crippen molar-refractivity contribution in [2.75, 3.05) is 0 Å². The number of ether oxygens (including phenoxy) is 1. The summed E-state index contributed by atoms with van der Waals surface area (Å²) in [5, 5.41) is 0. The summed E-state index contributed by atoms with van der Waals surface area (Å²) in [5.74, 6) is 1.32. The van der Waals surface area contributed by atoms with Crippen LogP contribution in [0, 0.1) is 0 Å². The van der Waals surface area contributed by atoms with E-state index in [-0.39, 0.29) is 0 Å². The van der Waals surface area contributed by atoms with Crippen LogP contribution in [0.25, 0.3) is 5.65 Å². The Kier molecular flexibility index (Phi) is 2.62. The van der Waals surface area contributed by atoms with Crippen molar-refractivity contribution in [3.8, 4) is 5.88 Å². The van der Waals surface area contributed by atoms with E-state index in [1.807, 2.05) is 6.20 Å². The molecule has 0 aromatic carbocycles. The second-order valence-electron chi connectivity index (χ2n) is 5.07. The van der Waals surface area contributed by atoms with Crippen molar-refractivity contribution in [2.45, 2.75) is 25.4 Å². The molecule has 20 heavy (non-hydrogen) atoms. The zero-order chi connectivity index (χ0) is 13.4. The zero-order valence-electron chi connectivity index (χ0n) is 10.9. The van der Waals surface area contributed by atoms with E-state index in [9.17, 15) is 0 Å². The van der Waals surface area contributed by atoms with Gasteiger partial charge in [0, 0.05) is 24.7 Å². The molecule has 0 aliphatic heterocycles. The summed E-state index contributed by atoms with van der Waals surface area (Å²) in [7, 11) is 0. The van der Waals surface area contributed by atoms with E-state index in [2.05, 4.69) is 37.7 Å². The third kappa shape index (κ3) is 2.22. The minimum absolute atomic E-state index is 0.414. The van der Waals surface area contributed by atoms with Crippen molar-refractivity contribution >= 4 is 5.65 Å². The third-order valence-electron chi connectivity index (χ3n) is 3.50. The third-order valence-corrected chi connectivity index (χ3v) is 3.50. The highest BCUT2D eigenvalue weighted by molar-refractivity contribution is 5.42. The molecule has 5 nitrogen and oxygen atoms in total. The Hall–Kier alpha value is -2.43. The molecule has 0 radical (unpaired) electrons. The maximum Gasteiger partial charge on any atom is 0.216 e. The molecular formula is C15H14N4O. The molecule has 0 bridgehead atoms. The molecule has 100 valence electrons. The molecule has 0 atom stereocenters. The van der Waals surface area contributed by atoms with Crippen LogP contribution in [-0.4, -0.2) is 19.4 Å². The van der Waals surface area contributed by atoms with Crippen LogP contribution in [0.3, 0.4) is 0 Å². The fourth-order valence-corrected chi connectivity index (χ4v) is 2.30. The molecule has 0 spiro atoms. The molecule has 0 amide bonds. The quantitative estimate of drug-likeness (QED) is 0.728. The summed E-state index contributed by atoms with van der Waals surface area (Å²) in [6.07, 6.45) is 9.94. The van der Waals surface area contributed by atoms with Crippen LogP contribution in [-0.2, 0) is 6.61 Å². The number of aromatic nitrogens is 4. The van der Waals surface area contributed by atoms with Gasteiger partial charge in [-0.2, -0.15) is 0 Å². The molecule has 3 heterocycles. The van der Waals surface area contributed by atoms with Gasteiger partial charge in [-0.3, -0.25) is 0 Å². The van der Waals surface area contributed by atoms with Crippen LogP contribution < -0.4 is 4.74 Å². The lowest BCUT2D eigenvalue weighted by Gasteiger charge is -2.00. The first-order chi connectivity index (χ1) is 9.88. The number of nitrogens with zero attached hydrogens (tertiary/aromatic N) is 4. The van der Waals surface area contributed by atoms with E-state index >= 15 is 0 Å². The van der Waals surface area contributed by atoms with Gasteiger partial charge in [-0.25, -0.2) is 15.0 Å². The summed E-state index contributed by atoms with van der Waals surface area (Å²) < 4.78 is 7.66. The predicted molar refractivity (Wildman–Crippen MR) is 73.5 cm³/mol. The van der Waals surface area contributed by atoms with Crippen LogP contribution in [0.15, 0.2) is 43.1 Å². The van der Waals surface area contributed by atoms with Gasteiger partial charge in [-0.1, -0.05) is 6.07 Å². The van der Waals surface area contributed by atoms with Gasteiger partial charge in [0.15, 0.2) is 0 Å². The van der Waals surface area contributed by atoms with Crippen LogP contribution in [0.5, 0.6) is 5.88 Å². The Morgan fingerprint density at radius 3 is 2.95 bits per heavy atom. The molecule has 5 heteroatoms. The molecule has 1 fully saturated rings. The Morgan fingerprint density at radius 2 is 2.15 bits per heavy atom. The SMILES string of the molecule is c1cc(OCc2cn3cc(C4CC4)ccc3n2)ncn1. The first-order valence-electron chi connectivity index (χ1n) is 6.75.